The summed E-state index contributed by atoms with van der Waals surface area (Å²) < 4.78 is 11.3. The number of hydrogen-bond donors (Lipinski definition) is 0. The van der Waals surface area contributed by atoms with Crippen molar-refractivity contribution in [2.75, 3.05) is 6.79 Å². The largest absolute Gasteiger partial charge is 0.454 e. The Balaban J connectivity index is 1.45. The molecule has 39 heavy (non-hydrogen) atoms. The highest BCUT2D eigenvalue weighted by atomic mass is 16.7. The molecule has 196 valence electrons. The first-order valence-corrected chi connectivity index (χ1v) is 13.9. The van der Waals surface area contributed by atoms with Crippen LogP contribution in [0.1, 0.15) is 42.0 Å². The minimum absolute atomic E-state index is 0.290. The van der Waals surface area contributed by atoms with E-state index in [9.17, 15) is 0 Å². The summed E-state index contributed by atoms with van der Waals surface area (Å²) in [6.45, 7) is 5.03. The quantitative estimate of drug-likeness (QED) is 0.188. The summed E-state index contributed by atoms with van der Waals surface area (Å²) in [6.07, 6.45) is 3.29. The van der Waals surface area contributed by atoms with Crippen molar-refractivity contribution in [2.45, 2.75) is 45.8 Å². The summed E-state index contributed by atoms with van der Waals surface area (Å²) in [5.74, 6) is 1.65. The molecule has 1 aliphatic heterocycles. The van der Waals surface area contributed by atoms with Gasteiger partial charge in [0.25, 0.3) is 0 Å². The lowest BCUT2D eigenvalue weighted by Crippen LogP contribution is -2.23. The van der Waals surface area contributed by atoms with Gasteiger partial charge in [-0.25, -0.2) is 4.98 Å². The minimum Gasteiger partial charge on any atom is -0.454 e. The van der Waals surface area contributed by atoms with Crippen LogP contribution in [0.2, 0.25) is 0 Å². The van der Waals surface area contributed by atoms with E-state index in [0.29, 0.717) is 6.79 Å². The summed E-state index contributed by atoms with van der Waals surface area (Å²) in [7, 11) is 0. The lowest BCUT2D eigenvalue weighted by Gasteiger charge is -2.26. The van der Waals surface area contributed by atoms with Gasteiger partial charge in [-0.2, -0.15) is 0 Å². The fourth-order valence-electron chi connectivity index (χ4n) is 5.49. The zero-order chi connectivity index (χ0) is 26.4. The van der Waals surface area contributed by atoms with E-state index < -0.39 is 0 Å². The lowest BCUT2D eigenvalue weighted by molar-refractivity contribution is 0.174. The SMILES string of the molecule is CCCCc1c(-c2ccccc2)nc2ccccc2c1CN(Cc1ccccc1)Cc1ccc2c(c1)OCO2. The predicted octanol–water partition coefficient (Wildman–Crippen LogP) is 8.18. The normalized spacial score (nSPS) is 12.4. The average molecular weight is 515 g/mol. The Kier molecular flexibility index (Phi) is 7.55. The van der Waals surface area contributed by atoms with Gasteiger partial charge in [-0.15, -0.1) is 0 Å². The first kappa shape index (κ1) is 25.1. The van der Waals surface area contributed by atoms with Crippen molar-refractivity contribution in [1.82, 2.24) is 9.88 Å². The molecule has 4 aromatic carbocycles. The number of rotatable bonds is 10. The van der Waals surface area contributed by atoms with Crippen molar-refractivity contribution in [1.29, 1.82) is 0 Å². The molecule has 4 heteroatoms. The van der Waals surface area contributed by atoms with Crippen molar-refractivity contribution in [3.05, 3.63) is 125 Å². The second-order valence-corrected chi connectivity index (χ2v) is 10.2. The second kappa shape index (κ2) is 11.7. The van der Waals surface area contributed by atoms with Gasteiger partial charge in [0.1, 0.15) is 0 Å². The number of fused-ring (bicyclic) bond motifs is 2. The topological polar surface area (TPSA) is 34.6 Å². The molecule has 0 atom stereocenters. The Morgan fingerprint density at radius 3 is 2.23 bits per heavy atom. The smallest absolute Gasteiger partial charge is 0.231 e. The summed E-state index contributed by atoms with van der Waals surface area (Å²) in [5, 5.41) is 1.24. The van der Waals surface area contributed by atoms with Crippen molar-refractivity contribution in [3.63, 3.8) is 0 Å². The van der Waals surface area contributed by atoms with Crippen LogP contribution in [0.3, 0.4) is 0 Å². The number of benzene rings is 4. The molecule has 0 radical (unpaired) electrons. The number of unbranched alkanes of at least 4 members (excludes halogenated alkanes) is 1. The van der Waals surface area contributed by atoms with Gasteiger partial charge in [-0.05, 0) is 53.3 Å². The van der Waals surface area contributed by atoms with E-state index in [1.807, 2.05) is 6.07 Å². The van der Waals surface area contributed by atoms with Crippen molar-refractivity contribution in [3.8, 4) is 22.8 Å². The first-order valence-electron chi connectivity index (χ1n) is 13.9. The van der Waals surface area contributed by atoms with E-state index in [4.69, 9.17) is 14.5 Å². The fourth-order valence-corrected chi connectivity index (χ4v) is 5.49. The van der Waals surface area contributed by atoms with Crippen LogP contribution in [-0.2, 0) is 26.1 Å². The molecule has 6 rings (SSSR count). The van der Waals surface area contributed by atoms with Gasteiger partial charge in [0.15, 0.2) is 11.5 Å². The molecule has 0 N–H and O–H groups in total. The maximum atomic E-state index is 5.69. The molecule has 0 spiro atoms. The molecule has 4 nitrogen and oxygen atoms in total. The van der Waals surface area contributed by atoms with E-state index in [2.05, 4.69) is 109 Å². The van der Waals surface area contributed by atoms with E-state index in [1.54, 1.807) is 0 Å². The number of pyridine rings is 1. The zero-order valence-electron chi connectivity index (χ0n) is 22.5. The van der Waals surface area contributed by atoms with E-state index >= 15 is 0 Å². The minimum atomic E-state index is 0.290. The first-order chi connectivity index (χ1) is 19.3. The van der Waals surface area contributed by atoms with Gasteiger partial charge in [0.05, 0.1) is 11.2 Å². The van der Waals surface area contributed by atoms with Gasteiger partial charge in [0, 0.05) is 30.6 Å². The second-order valence-electron chi connectivity index (χ2n) is 10.2. The Bertz CT molecular complexity index is 1550. The van der Waals surface area contributed by atoms with Crippen molar-refractivity contribution < 1.29 is 9.47 Å². The molecule has 0 unspecified atom stereocenters. The van der Waals surface area contributed by atoms with Crippen molar-refractivity contribution >= 4 is 10.9 Å². The van der Waals surface area contributed by atoms with Gasteiger partial charge in [-0.3, -0.25) is 4.90 Å². The molecule has 1 aromatic heterocycles. The molecule has 2 heterocycles. The van der Waals surface area contributed by atoms with Gasteiger partial charge in [-0.1, -0.05) is 98.3 Å². The highest BCUT2D eigenvalue weighted by Gasteiger charge is 2.20. The molecule has 0 aliphatic carbocycles. The average Bonchev–Trinajstić information content (AvgIpc) is 3.45. The Morgan fingerprint density at radius 1 is 0.692 bits per heavy atom. The summed E-state index contributed by atoms with van der Waals surface area (Å²) >= 11 is 0. The van der Waals surface area contributed by atoms with Crippen LogP contribution in [0.4, 0.5) is 0 Å². The molecule has 0 saturated carbocycles. The number of para-hydroxylation sites is 1. The molecule has 1 aliphatic rings. The molecule has 5 aromatic rings. The Hall–Kier alpha value is -4.15. The van der Waals surface area contributed by atoms with Gasteiger partial charge in [0.2, 0.25) is 6.79 Å². The predicted molar refractivity (Wildman–Crippen MR) is 158 cm³/mol. The van der Waals surface area contributed by atoms with E-state index in [-0.39, 0.29) is 0 Å². The Morgan fingerprint density at radius 2 is 1.41 bits per heavy atom. The van der Waals surface area contributed by atoms with Crippen LogP contribution in [-0.4, -0.2) is 16.7 Å². The highest BCUT2D eigenvalue weighted by Crippen LogP contribution is 2.35. The van der Waals surface area contributed by atoms with E-state index in [1.165, 1.54) is 33.2 Å². The Labute approximate surface area is 230 Å². The number of nitrogens with zero attached hydrogens (tertiary/aromatic N) is 2. The fraction of sp³-hybridized carbons (Fsp3) is 0.229. The number of ether oxygens (including phenoxy) is 2. The third-order valence-corrected chi connectivity index (χ3v) is 7.41. The molecule has 0 amide bonds. The van der Waals surface area contributed by atoms with Crippen LogP contribution >= 0.6 is 0 Å². The van der Waals surface area contributed by atoms with Crippen LogP contribution in [0.5, 0.6) is 11.5 Å². The van der Waals surface area contributed by atoms with Gasteiger partial charge < -0.3 is 9.47 Å². The summed E-state index contributed by atoms with van der Waals surface area (Å²) in [6, 6.07) is 36.3. The third-order valence-electron chi connectivity index (χ3n) is 7.41. The molecule has 0 saturated heterocycles. The number of aromatic nitrogens is 1. The zero-order valence-corrected chi connectivity index (χ0v) is 22.5. The summed E-state index contributed by atoms with van der Waals surface area (Å²) in [4.78, 5) is 7.77. The van der Waals surface area contributed by atoms with Crippen LogP contribution in [0.15, 0.2) is 103 Å². The van der Waals surface area contributed by atoms with Gasteiger partial charge >= 0.3 is 0 Å². The van der Waals surface area contributed by atoms with Crippen LogP contribution < -0.4 is 9.47 Å². The van der Waals surface area contributed by atoms with Crippen molar-refractivity contribution in [2.24, 2.45) is 0 Å². The lowest BCUT2D eigenvalue weighted by atomic mass is 9.92. The third kappa shape index (κ3) is 5.67. The standard InChI is InChI=1S/C35H34N2O2/c1-2-3-16-30-31(29-17-10-11-18-32(29)36-35(30)28-14-8-5-9-15-28)24-37(22-26-12-6-4-7-13-26)23-27-19-20-33-34(21-27)39-25-38-33/h4-15,17-21H,2-3,16,22-25H2,1H3. The molecular formula is C35H34N2O2. The highest BCUT2D eigenvalue weighted by molar-refractivity contribution is 5.87. The monoisotopic (exact) mass is 514 g/mol. The van der Waals surface area contributed by atoms with Crippen LogP contribution in [0, 0.1) is 0 Å². The number of hydrogen-bond acceptors (Lipinski definition) is 4. The van der Waals surface area contributed by atoms with Crippen LogP contribution in [0.25, 0.3) is 22.2 Å². The molecular weight excluding hydrogens is 480 g/mol. The molecule has 0 bridgehead atoms. The maximum Gasteiger partial charge on any atom is 0.231 e. The maximum absolute atomic E-state index is 5.69. The molecule has 0 fully saturated rings. The summed E-state index contributed by atoms with van der Waals surface area (Å²) in [5.41, 5.74) is 8.60. The van der Waals surface area contributed by atoms with E-state index in [0.717, 1.165) is 61.6 Å².